The highest BCUT2D eigenvalue weighted by atomic mass is 32.2. The number of rotatable bonds is 4. The molecular weight excluding hydrogens is 448 g/mol. The molecule has 1 heterocycles. The minimum atomic E-state index is -3.80. The number of amides is 1. The minimum absolute atomic E-state index is 0.0674. The molecule has 1 amide bonds. The lowest BCUT2D eigenvalue weighted by atomic mass is 9.54. The number of ether oxygens (including phenoxy) is 1. The molecule has 178 valence electrons. The van der Waals surface area contributed by atoms with E-state index in [4.69, 9.17) is 4.74 Å². The molecule has 2 bridgehead atoms. The van der Waals surface area contributed by atoms with Crippen LogP contribution in [0.4, 0.5) is 4.79 Å². The van der Waals surface area contributed by atoms with Crippen LogP contribution in [0.15, 0.2) is 71.3 Å². The minimum Gasteiger partial charge on any atom is -0.453 e. The van der Waals surface area contributed by atoms with Crippen molar-refractivity contribution in [2.75, 3.05) is 7.11 Å². The van der Waals surface area contributed by atoms with E-state index in [-0.39, 0.29) is 28.2 Å². The molecule has 4 atom stereocenters. The Bertz CT molecular complexity index is 1400. The van der Waals surface area contributed by atoms with Crippen molar-refractivity contribution in [1.29, 1.82) is 0 Å². The highest BCUT2D eigenvalue weighted by Gasteiger charge is 2.52. The Labute approximate surface area is 200 Å². The summed E-state index contributed by atoms with van der Waals surface area (Å²) in [5, 5.41) is 3.99. The van der Waals surface area contributed by atoms with Crippen LogP contribution in [0.2, 0.25) is 0 Å². The number of para-hydroxylation sites is 1. The fourth-order valence-electron chi connectivity index (χ4n) is 6.04. The van der Waals surface area contributed by atoms with Crippen molar-refractivity contribution in [2.45, 2.75) is 50.5 Å². The van der Waals surface area contributed by atoms with Crippen molar-refractivity contribution in [3.63, 3.8) is 0 Å². The summed E-state index contributed by atoms with van der Waals surface area (Å²) in [6.45, 7) is 6.25. The molecule has 1 fully saturated rings. The molecule has 0 unspecified atom stereocenters. The van der Waals surface area contributed by atoms with Gasteiger partial charge in [0.25, 0.3) is 10.0 Å². The first-order valence-electron chi connectivity index (χ1n) is 11.6. The van der Waals surface area contributed by atoms with Crippen LogP contribution in [0.25, 0.3) is 10.9 Å². The maximum Gasteiger partial charge on any atom is 0.407 e. The van der Waals surface area contributed by atoms with Crippen molar-refractivity contribution in [2.24, 2.45) is 11.3 Å². The van der Waals surface area contributed by atoms with Crippen LogP contribution in [0.3, 0.4) is 0 Å². The van der Waals surface area contributed by atoms with E-state index in [0.29, 0.717) is 5.52 Å². The first-order valence-corrected chi connectivity index (χ1v) is 13.1. The van der Waals surface area contributed by atoms with E-state index in [9.17, 15) is 13.2 Å². The molecule has 1 N–H and O–H groups in total. The number of aryl methyl sites for hydroxylation is 1. The number of aromatic nitrogens is 1. The number of hydrogen-bond donors (Lipinski definition) is 1. The van der Waals surface area contributed by atoms with Gasteiger partial charge in [-0.2, -0.15) is 0 Å². The first kappa shape index (κ1) is 22.7. The smallest absolute Gasteiger partial charge is 0.407 e. The first-order chi connectivity index (χ1) is 16.2. The summed E-state index contributed by atoms with van der Waals surface area (Å²) in [7, 11) is -2.43. The summed E-state index contributed by atoms with van der Waals surface area (Å²) < 4.78 is 33.8. The van der Waals surface area contributed by atoms with E-state index in [0.717, 1.165) is 29.4 Å². The third-order valence-electron chi connectivity index (χ3n) is 7.74. The van der Waals surface area contributed by atoms with Crippen LogP contribution in [-0.4, -0.2) is 31.6 Å². The van der Waals surface area contributed by atoms with Crippen LogP contribution in [0.5, 0.6) is 0 Å². The molecule has 1 aromatic heterocycles. The average molecular weight is 479 g/mol. The number of fused-ring (bicyclic) bond motifs is 3. The van der Waals surface area contributed by atoms with Gasteiger partial charge < -0.3 is 10.1 Å². The molecular formula is C27H30N2O4S. The van der Waals surface area contributed by atoms with Crippen molar-refractivity contribution >= 4 is 27.0 Å². The Hall–Kier alpha value is -3.06. The van der Waals surface area contributed by atoms with Gasteiger partial charge in [-0.1, -0.05) is 54.5 Å². The number of allylic oxidation sites excluding steroid dienone is 1. The molecule has 34 heavy (non-hydrogen) atoms. The van der Waals surface area contributed by atoms with Gasteiger partial charge in [-0.05, 0) is 56.4 Å². The molecule has 1 saturated carbocycles. The summed E-state index contributed by atoms with van der Waals surface area (Å²) in [4.78, 5) is 12.6. The third kappa shape index (κ3) is 3.45. The molecule has 0 spiro atoms. The van der Waals surface area contributed by atoms with Gasteiger partial charge in [-0.25, -0.2) is 17.2 Å². The van der Waals surface area contributed by atoms with Gasteiger partial charge in [0.1, 0.15) is 0 Å². The van der Waals surface area contributed by atoms with Crippen LogP contribution < -0.4 is 5.32 Å². The molecule has 0 aliphatic heterocycles. The molecule has 3 aliphatic carbocycles. The summed E-state index contributed by atoms with van der Waals surface area (Å²) in [6.07, 6.45) is 5.54. The molecule has 3 aliphatic rings. The zero-order valence-electron chi connectivity index (χ0n) is 19.9. The van der Waals surface area contributed by atoms with E-state index in [1.165, 1.54) is 16.7 Å². The average Bonchev–Trinajstić information content (AvgIpc) is 3.20. The number of benzene rings is 2. The number of carbonyl (C=O) groups excluding carboxylic acids is 1. The normalized spacial score (nSPS) is 26.4. The molecule has 2 aromatic carbocycles. The van der Waals surface area contributed by atoms with Crippen LogP contribution in [-0.2, 0) is 14.8 Å². The van der Waals surface area contributed by atoms with Gasteiger partial charge in [0.05, 0.1) is 17.5 Å². The standard InChI is InChI=1S/C27H30N2O4S/c1-17-9-11-19(12-10-17)34(31,32)29-16-22(21-7-5-6-8-23(21)29)24-20-13-14-27(3,15-18(20)2)25(24)28-26(30)33-4/h5-12,15-16,20,24-25H,13-14H2,1-4H3,(H,28,30)/t20-,24+,25+,27+/m0/s1. The number of carbonyl (C=O) groups is 1. The van der Waals surface area contributed by atoms with E-state index >= 15 is 0 Å². The highest BCUT2D eigenvalue weighted by Crippen LogP contribution is 2.56. The maximum atomic E-state index is 13.7. The fourth-order valence-corrected chi connectivity index (χ4v) is 7.42. The third-order valence-corrected chi connectivity index (χ3v) is 9.43. The van der Waals surface area contributed by atoms with Gasteiger partial charge in [-0.15, -0.1) is 0 Å². The Kier molecular flexibility index (Phi) is 5.35. The molecule has 0 radical (unpaired) electrons. The predicted molar refractivity (Wildman–Crippen MR) is 132 cm³/mol. The quantitative estimate of drug-likeness (QED) is 0.512. The van der Waals surface area contributed by atoms with Crippen molar-refractivity contribution in [3.8, 4) is 0 Å². The topological polar surface area (TPSA) is 77.4 Å². The highest BCUT2D eigenvalue weighted by molar-refractivity contribution is 7.90. The maximum absolute atomic E-state index is 13.7. The van der Waals surface area contributed by atoms with Crippen molar-refractivity contribution < 1.29 is 17.9 Å². The predicted octanol–water partition coefficient (Wildman–Crippen LogP) is 5.37. The van der Waals surface area contributed by atoms with Gasteiger partial charge in [0.15, 0.2) is 0 Å². The summed E-state index contributed by atoms with van der Waals surface area (Å²) in [5.74, 6) is 0.146. The number of hydrogen-bond acceptors (Lipinski definition) is 4. The number of nitrogens with zero attached hydrogens (tertiary/aromatic N) is 1. The van der Waals surface area contributed by atoms with Crippen molar-refractivity contribution in [3.05, 3.63) is 77.5 Å². The lowest BCUT2D eigenvalue weighted by molar-refractivity contribution is 0.102. The second-order valence-corrected chi connectivity index (χ2v) is 11.7. The molecule has 7 heteroatoms. The van der Waals surface area contributed by atoms with Gasteiger partial charge in [0, 0.05) is 29.0 Å². The van der Waals surface area contributed by atoms with E-state index in [1.807, 2.05) is 43.3 Å². The molecule has 6 rings (SSSR count). The SMILES string of the molecule is COC(=O)N[C@@H]1[C@@H](c2cn(S(=O)(=O)c3ccc(C)cc3)c3ccccc23)[C@H]2CC[C@]1(C)C=C2C. The van der Waals surface area contributed by atoms with Crippen molar-refractivity contribution in [1.82, 2.24) is 9.29 Å². The lowest BCUT2D eigenvalue weighted by Crippen LogP contribution is -2.56. The lowest BCUT2D eigenvalue weighted by Gasteiger charge is -2.53. The fraction of sp³-hybridized carbons (Fsp3) is 0.370. The Morgan fingerprint density at radius 3 is 2.50 bits per heavy atom. The second-order valence-electron chi connectivity index (χ2n) is 9.89. The van der Waals surface area contributed by atoms with Gasteiger partial charge in [0.2, 0.25) is 0 Å². The zero-order valence-corrected chi connectivity index (χ0v) is 20.7. The summed E-state index contributed by atoms with van der Waals surface area (Å²) in [5.41, 5.74) is 3.64. The van der Waals surface area contributed by atoms with E-state index in [2.05, 4.69) is 25.2 Å². The Morgan fingerprint density at radius 1 is 1.12 bits per heavy atom. The molecule has 6 nitrogen and oxygen atoms in total. The largest absolute Gasteiger partial charge is 0.453 e. The zero-order chi connectivity index (χ0) is 24.3. The van der Waals surface area contributed by atoms with Crippen LogP contribution >= 0.6 is 0 Å². The number of nitrogens with one attached hydrogen (secondary N) is 1. The van der Waals surface area contributed by atoms with E-state index < -0.39 is 16.1 Å². The Balaban J connectivity index is 1.71. The van der Waals surface area contributed by atoms with Gasteiger partial charge >= 0.3 is 6.09 Å². The number of alkyl carbamates (subject to hydrolysis) is 1. The van der Waals surface area contributed by atoms with Crippen LogP contribution in [0, 0.1) is 18.3 Å². The summed E-state index contributed by atoms with van der Waals surface area (Å²) >= 11 is 0. The van der Waals surface area contributed by atoms with Crippen LogP contribution in [0.1, 0.15) is 43.7 Å². The van der Waals surface area contributed by atoms with Gasteiger partial charge in [-0.3, -0.25) is 0 Å². The summed E-state index contributed by atoms with van der Waals surface area (Å²) in [6, 6.07) is 14.3. The second kappa shape index (κ2) is 8.01. The van der Waals surface area contributed by atoms with E-state index in [1.54, 1.807) is 18.3 Å². The number of methoxy groups -OCH3 is 1. The monoisotopic (exact) mass is 478 g/mol. The molecule has 0 saturated heterocycles. The molecule has 3 aromatic rings. The Morgan fingerprint density at radius 2 is 1.82 bits per heavy atom.